The molecule has 0 aliphatic carbocycles. The van der Waals surface area contributed by atoms with Crippen molar-refractivity contribution < 1.29 is 18.7 Å². The van der Waals surface area contributed by atoms with E-state index < -0.39 is 17.6 Å². The molecule has 24 heavy (non-hydrogen) atoms. The summed E-state index contributed by atoms with van der Waals surface area (Å²) in [5.74, 6) is -1.12. The van der Waals surface area contributed by atoms with Gasteiger partial charge in [0.15, 0.2) is 6.61 Å². The SMILES string of the molecule is Cc1ccc(C)c(OCC(=O)NNC(=O)c2cc(F)ccc2Br)c1. The number of amides is 2. The van der Waals surface area contributed by atoms with Crippen LogP contribution in [0.5, 0.6) is 5.75 Å². The van der Waals surface area contributed by atoms with Gasteiger partial charge in [0.1, 0.15) is 11.6 Å². The van der Waals surface area contributed by atoms with Gasteiger partial charge in [0.2, 0.25) is 0 Å². The zero-order chi connectivity index (χ0) is 17.7. The molecular formula is C17H16BrFN2O3. The molecule has 0 heterocycles. The minimum atomic E-state index is -0.638. The van der Waals surface area contributed by atoms with Crippen LogP contribution in [0.15, 0.2) is 40.9 Å². The van der Waals surface area contributed by atoms with Crippen LogP contribution in [0.3, 0.4) is 0 Å². The average molecular weight is 395 g/mol. The molecule has 0 unspecified atom stereocenters. The second-order valence-electron chi connectivity index (χ2n) is 5.18. The van der Waals surface area contributed by atoms with Gasteiger partial charge in [0, 0.05) is 4.47 Å². The average Bonchev–Trinajstić information content (AvgIpc) is 2.55. The lowest BCUT2D eigenvalue weighted by atomic mass is 10.1. The summed E-state index contributed by atoms with van der Waals surface area (Å²) in [6, 6.07) is 9.36. The Morgan fingerprint density at radius 1 is 1.12 bits per heavy atom. The van der Waals surface area contributed by atoms with Crippen LogP contribution in [0.1, 0.15) is 21.5 Å². The van der Waals surface area contributed by atoms with Gasteiger partial charge in [-0.1, -0.05) is 12.1 Å². The number of rotatable bonds is 4. The summed E-state index contributed by atoms with van der Waals surface area (Å²) < 4.78 is 19.0. The van der Waals surface area contributed by atoms with Crippen molar-refractivity contribution >= 4 is 27.7 Å². The molecular weight excluding hydrogens is 379 g/mol. The molecule has 5 nitrogen and oxygen atoms in total. The van der Waals surface area contributed by atoms with Crippen LogP contribution in [-0.4, -0.2) is 18.4 Å². The molecule has 2 N–H and O–H groups in total. The number of aryl methyl sites for hydroxylation is 2. The van der Waals surface area contributed by atoms with Crippen LogP contribution in [0.25, 0.3) is 0 Å². The van der Waals surface area contributed by atoms with E-state index in [-0.39, 0.29) is 12.2 Å². The molecule has 126 valence electrons. The third kappa shape index (κ3) is 4.79. The maximum Gasteiger partial charge on any atom is 0.276 e. The Hall–Kier alpha value is -2.41. The maximum atomic E-state index is 13.2. The third-order valence-corrected chi connectivity index (χ3v) is 3.88. The molecule has 0 saturated heterocycles. The molecule has 0 aromatic heterocycles. The summed E-state index contributed by atoms with van der Waals surface area (Å²) in [6.07, 6.45) is 0. The first kappa shape index (κ1) is 17.9. The van der Waals surface area contributed by atoms with Crippen LogP contribution >= 0.6 is 15.9 Å². The Bertz CT molecular complexity index is 780. The number of halogens is 2. The molecule has 7 heteroatoms. The number of nitrogens with one attached hydrogen (secondary N) is 2. The monoisotopic (exact) mass is 394 g/mol. The van der Waals surface area contributed by atoms with Crippen LogP contribution in [0.4, 0.5) is 4.39 Å². The summed E-state index contributed by atoms with van der Waals surface area (Å²) in [5, 5.41) is 0. The molecule has 2 aromatic carbocycles. The fourth-order valence-corrected chi connectivity index (χ4v) is 2.33. The van der Waals surface area contributed by atoms with Crippen molar-refractivity contribution in [2.24, 2.45) is 0 Å². The van der Waals surface area contributed by atoms with E-state index in [9.17, 15) is 14.0 Å². The van der Waals surface area contributed by atoms with Crippen molar-refractivity contribution in [1.82, 2.24) is 10.9 Å². The zero-order valence-corrected chi connectivity index (χ0v) is 14.7. The number of hydrazine groups is 1. The van der Waals surface area contributed by atoms with E-state index >= 15 is 0 Å². The highest BCUT2D eigenvalue weighted by Gasteiger charge is 2.12. The van der Waals surface area contributed by atoms with Gasteiger partial charge in [0.25, 0.3) is 11.8 Å². The summed E-state index contributed by atoms with van der Waals surface area (Å²) in [7, 11) is 0. The first-order valence-electron chi connectivity index (χ1n) is 7.11. The van der Waals surface area contributed by atoms with Gasteiger partial charge >= 0.3 is 0 Å². The van der Waals surface area contributed by atoms with Crippen LogP contribution in [0, 0.1) is 19.7 Å². The number of carbonyl (C=O) groups excluding carboxylic acids is 2. The molecule has 0 bridgehead atoms. The predicted molar refractivity (Wildman–Crippen MR) is 91.1 cm³/mol. The zero-order valence-electron chi connectivity index (χ0n) is 13.2. The van der Waals surface area contributed by atoms with E-state index in [4.69, 9.17) is 4.74 Å². The smallest absolute Gasteiger partial charge is 0.276 e. The van der Waals surface area contributed by atoms with Gasteiger partial charge in [-0.25, -0.2) is 4.39 Å². The van der Waals surface area contributed by atoms with E-state index in [1.54, 1.807) is 0 Å². The number of benzene rings is 2. The summed E-state index contributed by atoms with van der Waals surface area (Å²) in [4.78, 5) is 23.7. The molecule has 0 aliphatic heterocycles. The van der Waals surface area contributed by atoms with Gasteiger partial charge in [-0.05, 0) is 65.2 Å². The second kappa shape index (κ2) is 7.92. The highest BCUT2D eigenvalue weighted by atomic mass is 79.9. The topological polar surface area (TPSA) is 67.4 Å². The Morgan fingerprint density at radius 2 is 1.88 bits per heavy atom. The van der Waals surface area contributed by atoms with E-state index in [0.29, 0.717) is 10.2 Å². The number of hydrogen-bond acceptors (Lipinski definition) is 3. The summed E-state index contributed by atoms with van der Waals surface area (Å²) in [5.41, 5.74) is 6.43. The quantitative estimate of drug-likeness (QED) is 0.783. The lowest BCUT2D eigenvalue weighted by molar-refractivity contribution is -0.123. The van der Waals surface area contributed by atoms with Crippen molar-refractivity contribution in [1.29, 1.82) is 0 Å². The molecule has 0 atom stereocenters. The number of ether oxygens (including phenoxy) is 1. The molecule has 0 fully saturated rings. The molecule has 2 amide bonds. The lowest BCUT2D eigenvalue weighted by Crippen LogP contribution is -2.44. The van der Waals surface area contributed by atoms with Gasteiger partial charge in [-0.3, -0.25) is 20.4 Å². The van der Waals surface area contributed by atoms with Gasteiger partial charge < -0.3 is 4.74 Å². The van der Waals surface area contributed by atoms with Crippen molar-refractivity contribution in [2.45, 2.75) is 13.8 Å². The minimum Gasteiger partial charge on any atom is -0.483 e. The standard InChI is InChI=1S/C17H16BrFN2O3/c1-10-3-4-11(2)15(7-10)24-9-16(22)20-21-17(23)13-8-12(19)5-6-14(13)18/h3-8H,9H2,1-2H3,(H,20,22)(H,21,23). The summed E-state index contributed by atoms with van der Waals surface area (Å²) >= 11 is 3.15. The van der Waals surface area contributed by atoms with Gasteiger partial charge in [0.05, 0.1) is 5.56 Å². The van der Waals surface area contributed by atoms with Crippen molar-refractivity contribution in [3.8, 4) is 5.75 Å². The fraction of sp³-hybridized carbons (Fsp3) is 0.176. The Kier molecular flexibility index (Phi) is 5.92. The minimum absolute atomic E-state index is 0.0748. The van der Waals surface area contributed by atoms with Crippen molar-refractivity contribution in [2.75, 3.05) is 6.61 Å². The first-order chi connectivity index (χ1) is 11.4. The first-order valence-corrected chi connectivity index (χ1v) is 7.90. The molecule has 0 saturated carbocycles. The van der Waals surface area contributed by atoms with Gasteiger partial charge in [-0.2, -0.15) is 0 Å². The van der Waals surface area contributed by atoms with E-state index in [1.165, 1.54) is 12.1 Å². The van der Waals surface area contributed by atoms with E-state index in [1.807, 2.05) is 32.0 Å². The summed E-state index contributed by atoms with van der Waals surface area (Å²) in [6.45, 7) is 3.54. The molecule has 0 aliphatic rings. The molecule has 2 aromatic rings. The highest BCUT2D eigenvalue weighted by molar-refractivity contribution is 9.10. The number of hydrogen-bond donors (Lipinski definition) is 2. The van der Waals surface area contributed by atoms with Crippen LogP contribution in [0.2, 0.25) is 0 Å². The van der Waals surface area contributed by atoms with Crippen molar-refractivity contribution in [3.05, 3.63) is 63.4 Å². The Balaban J connectivity index is 1.88. The van der Waals surface area contributed by atoms with Gasteiger partial charge in [-0.15, -0.1) is 0 Å². The van der Waals surface area contributed by atoms with Crippen molar-refractivity contribution in [3.63, 3.8) is 0 Å². The second-order valence-corrected chi connectivity index (χ2v) is 6.04. The Labute approximate surface area is 147 Å². The highest BCUT2D eigenvalue weighted by Crippen LogP contribution is 2.19. The molecule has 2 rings (SSSR count). The van der Waals surface area contributed by atoms with E-state index in [0.717, 1.165) is 17.2 Å². The van der Waals surface area contributed by atoms with Crippen LogP contribution in [-0.2, 0) is 4.79 Å². The normalized spacial score (nSPS) is 10.2. The molecule has 0 radical (unpaired) electrons. The number of carbonyl (C=O) groups is 2. The van der Waals surface area contributed by atoms with Crippen LogP contribution < -0.4 is 15.6 Å². The maximum absolute atomic E-state index is 13.2. The Morgan fingerprint density at radius 3 is 2.62 bits per heavy atom. The lowest BCUT2D eigenvalue weighted by Gasteiger charge is -2.11. The largest absolute Gasteiger partial charge is 0.483 e. The third-order valence-electron chi connectivity index (χ3n) is 3.19. The fourth-order valence-electron chi connectivity index (χ4n) is 1.91. The molecule has 0 spiro atoms. The van der Waals surface area contributed by atoms with E-state index in [2.05, 4.69) is 26.8 Å². The predicted octanol–water partition coefficient (Wildman–Crippen LogP) is 3.05.